The average Bonchev–Trinajstić information content (AvgIpc) is 3.19. The topological polar surface area (TPSA) is 65.2 Å². The van der Waals surface area contributed by atoms with E-state index in [0.717, 1.165) is 16.0 Å². The van der Waals surface area contributed by atoms with Crippen molar-refractivity contribution < 1.29 is 13.9 Å². The molecule has 0 unspecified atom stereocenters. The van der Waals surface area contributed by atoms with Crippen LogP contribution in [-0.4, -0.2) is 22.8 Å². The Labute approximate surface area is 125 Å². The Morgan fingerprint density at radius 1 is 1.24 bits per heavy atom. The summed E-state index contributed by atoms with van der Waals surface area (Å²) in [5, 5.41) is 9.63. The van der Waals surface area contributed by atoms with Crippen LogP contribution in [-0.2, 0) is 4.74 Å². The maximum Gasteiger partial charge on any atom is 0.396 e. The molecule has 0 saturated carbocycles. The molecule has 106 valence electrons. The highest BCUT2D eigenvalue weighted by atomic mass is 32.1. The fraction of sp³-hybridized carbons (Fsp3) is 0.133. The van der Waals surface area contributed by atoms with Crippen LogP contribution in [0.25, 0.3) is 21.9 Å². The maximum absolute atomic E-state index is 11.5. The van der Waals surface area contributed by atoms with Crippen molar-refractivity contribution in [2.24, 2.45) is 0 Å². The Bertz CT molecular complexity index is 750. The molecule has 6 heteroatoms. The van der Waals surface area contributed by atoms with Gasteiger partial charge in [-0.15, -0.1) is 21.5 Å². The van der Waals surface area contributed by atoms with Crippen LogP contribution in [0.1, 0.15) is 17.6 Å². The minimum atomic E-state index is -0.606. The summed E-state index contributed by atoms with van der Waals surface area (Å²) >= 11 is 1.66. The minimum Gasteiger partial charge on any atom is -0.459 e. The first-order chi connectivity index (χ1) is 10.3. The number of ether oxygens (including phenoxy) is 1. The Kier molecular flexibility index (Phi) is 3.79. The molecule has 0 fully saturated rings. The molecule has 5 nitrogen and oxygen atoms in total. The standard InChI is InChI=1S/C15H12N2O3S/c1-2-19-15(18)14-17-16-13(20-14)11-6-3-5-10(9-11)12-7-4-8-21-12/h3-9H,2H2,1H3. The monoisotopic (exact) mass is 300 g/mol. The highest BCUT2D eigenvalue weighted by Gasteiger charge is 2.17. The summed E-state index contributed by atoms with van der Waals surface area (Å²) in [5.74, 6) is -0.435. The molecule has 0 aliphatic rings. The third kappa shape index (κ3) is 2.85. The number of benzene rings is 1. The van der Waals surface area contributed by atoms with Crippen LogP contribution in [0.2, 0.25) is 0 Å². The number of carbonyl (C=O) groups excluding carboxylic acids is 1. The first-order valence-corrected chi connectivity index (χ1v) is 7.31. The predicted molar refractivity (Wildman–Crippen MR) is 79.0 cm³/mol. The van der Waals surface area contributed by atoms with Gasteiger partial charge in [0.2, 0.25) is 5.89 Å². The van der Waals surface area contributed by atoms with E-state index in [4.69, 9.17) is 9.15 Å². The van der Waals surface area contributed by atoms with Crippen molar-refractivity contribution in [2.75, 3.05) is 6.61 Å². The average molecular weight is 300 g/mol. The van der Waals surface area contributed by atoms with Crippen LogP contribution >= 0.6 is 11.3 Å². The number of nitrogens with zero attached hydrogens (tertiary/aromatic N) is 2. The summed E-state index contributed by atoms with van der Waals surface area (Å²) in [6.07, 6.45) is 0. The fourth-order valence-corrected chi connectivity index (χ4v) is 2.59. The molecule has 2 aromatic heterocycles. The van der Waals surface area contributed by atoms with Gasteiger partial charge >= 0.3 is 11.9 Å². The first kappa shape index (κ1) is 13.5. The number of thiophene rings is 1. The normalized spacial score (nSPS) is 10.5. The van der Waals surface area contributed by atoms with Crippen LogP contribution in [0, 0.1) is 0 Å². The van der Waals surface area contributed by atoms with Gasteiger partial charge in [0.05, 0.1) is 6.61 Å². The van der Waals surface area contributed by atoms with Gasteiger partial charge in [0, 0.05) is 10.4 Å². The molecule has 0 saturated heterocycles. The molecular formula is C15H12N2O3S. The second kappa shape index (κ2) is 5.88. The van der Waals surface area contributed by atoms with Crippen molar-refractivity contribution >= 4 is 17.3 Å². The Morgan fingerprint density at radius 3 is 2.86 bits per heavy atom. The SMILES string of the molecule is CCOC(=O)c1nnc(-c2cccc(-c3cccs3)c2)o1. The van der Waals surface area contributed by atoms with Gasteiger partial charge in [0.1, 0.15) is 0 Å². The number of esters is 1. The molecular weight excluding hydrogens is 288 g/mol. The molecule has 21 heavy (non-hydrogen) atoms. The summed E-state index contributed by atoms with van der Waals surface area (Å²) in [6.45, 7) is 1.99. The number of hydrogen-bond donors (Lipinski definition) is 0. The van der Waals surface area contributed by atoms with Crippen molar-refractivity contribution in [3.05, 3.63) is 47.7 Å². The predicted octanol–water partition coefficient (Wildman–Crippen LogP) is 3.64. The van der Waals surface area contributed by atoms with E-state index in [1.807, 2.05) is 41.8 Å². The van der Waals surface area contributed by atoms with Gasteiger partial charge in [-0.3, -0.25) is 0 Å². The largest absolute Gasteiger partial charge is 0.459 e. The van der Waals surface area contributed by atoms with Crippen molar-refractivity contribution in [3.63, 3.8) is 0 Å². The van der Waals surface area contributed by atoms with Gasteiger partial charge in [-0.1, -0.05) is 18.2 Å². The van der Waals surface area contributed by atoms with E-state index in [2.05, 4.69) is 10.2 Å². The molecule has 0 aliphatic heterocycles. The van der Waals surface area contributed by atoms with Gasteiger partial charge in [-0.2, -0.15) is 0 Å². The van der Waals surface area contributed by atoms with E-state index in [1.54, 1.807) is 18.3 Å². The molecule has 2 heterocycles. The van der Waals surface area contributed by atoms with Crippen LogP contribution in [0.4, 0.5) is 0 Å². The fourth-order valence-electron chi connectivity index (χ4n) is 1.86. The van der Waals surface area contributed by atoms with E-state index >= 15 is 0 Å². The van der Waals surface area contributed by atoms with Gasteiger partial charge in [0.15, 0.2) is 0 Å². The second-order valence-corrected chi connectivity index (χ2v) is 5.14. The molecule has 0 aliphatic carbocycles. The zero-order valence-electron chi connectivity index (χ0n) is 11.3. The molecule has 0 radical (unpaired) electrons. The molecule has 0 amide bonds. The van der Waals surface area contributed by atoms with Gasteiger partial charge in [-0.05, 0) is 36.1 Å². The van der Waals surface area contributed by atoms with Crippen molar-refractivity contribution in [1.29, 1.82) is 0 Å². The zero-order valence-corrected chi connectivity index (χ0v) is 12.1. The third-order valence-corrected chi connectivity index (χ3v) is 3.71. The zero-order chi connectivity index (χ0) is 14.7. The number of rotatable bonds is 4. The van der Waals surface area contributed by atoms with E-state index in [-0.39, 0.29) is 12.5 Å². The minimum absolute atomic E-state index is 0.131. The van der Waals surface area contributed by atoms with Gasteiger partial charge in [0.25, 0.3) is 0 Å². The Balaban J connectivity index is 1.91. The summed E-state index contributed by atoms with van der Waals surface area (Å²) in [7, 11) is 0. The lowest BCUT2D eigenvalue weighted by atomic mass is 10.1. The molecule has 0 atom stereocenters. The smallest absolute Gasteiger partial charge is 0.396 e. The molecule has 1 aromatic carbocycles. The van der Waals surface area contributed by atoms with Gasteiger partial charge in [-0.25, -0.2) is 4.79 Å². The summed E-state index contributed by atoms with van der Waals surface area (Å²) < 4.78 is 10.2. The van der Waals surface area contributed by atoms with Crippen molar-refractivity contribution in [3.8, 4) is 21.9 Å². The highest BCUT2D eigenvalue weighted by molar-refractivity contribution is 7.13. The van der Waals surface area contributed by atoms with Crippen molar-refractivity contribution in [1.82, 2.24) is 10.2 Å². The molecule has 3 aromatic rings. The Hall–Kier alpha value is -2.47. The van der Waals surface area contributed by atoms with E-state index in [1.165, 1.54) is 0 Å². The van der Waals surface area contributed by atoms with Crippen LogP contribution in [0.5, 0.6) is 0 Å². The summed E-state index contributed by atoms with van der Waals surface area (Å²) in [5.41, 5.74) is 1.84. The van der Waals surface area contributed by atoms with Crippen LogP contribution in [0.3, 0.4) is 0 Å². The maximum atomic E-state index is 11.5. The van der Waals surface area contributed by atoms with E-state index in [0.29, 0.717) is 5.89 Å². The lowest BCUT2D eigenvalue weighted by Gasteiger charge is -2.00. The third-order valence-electron chi connectivity index (χ3n) is 2.79. The highest BCUT2D eigenvalue weighted by Crippen LogP contribution is 2.28. The van der Waals surface area contributed by atoms with Gasteiger partial charge < -0.3 is 9.15 Å². The molecule has 3 rings (SSSR count). The number of hydrogen-bond acceptors (Lipinski definition) is 6. The van der Waals surface area contributed by atoms with Crippen LogP contribution in [0.15, 0.2) is 46.2 Å². The molecule has 0 spiro atoms. The van der Waals surface area contributed by atoms with E-state index in [9.17, 15) is 4.79 Å². The summed E-state index contributed by atoms with van der Waals surface area (Å²) in [4.78, 5) is 12.7. The van der Waals surface area contributed by atoms with Crippen LogP contribution < -0.4 is 0 Å². The molecule has 0 bridgehead atoms. The Morgan fingerprint density at radius 2 is 2.10 bits per heavy atom. The van der Waals surface area contributed by atoms with Crippen molar-refractivity contribution in [2.45, 2.75) is 6.92 Å². The molecule has 0 N–H and O–H groups in total. The number of aromatic nitrogens is 2. The summed E-state index contributed by atoms with van der Waals surface area (Å²) in [6, 6.07) is 11.8. The van der Waals surface area contributed by atoms with E-state index < -0.39 is 5.97 Å². The quantitative estimate of drug-likeness (QED) is 0.688. The second-order valence-electron chi connectivity index (χ2n) is 4.19. The number of carbonyl (C=O) groups is 1. The lowest BCUT2D eigenvalue weighted by molar-refractivity contribution is 0.0481. The first-order valence-electron chi connectivity index (χ1n) is 6.43. The lowest BCUT2D eigenvalue weighted by Crippen LogP contribution is -2.04.